The van der Waals surface area contributed by atoms with Gasteiger partial charge in [-0.2, -0.15) is 0 Å². The van der Waals surface area contributed by atoms with Crippen LogP contribution in [0, 0.1) is 0 Å². The van der Waals surface area contributed by atoms with Crippen LogP contribution in [0.2, 0.25) is 5.02 Å². The maximum Gasteiger partial charge on any atom is 0.264 e. The molecule has 0 radical (unpaired) electrons. The van der Waals surface area contributed by atoms with Crippen LogP contribution in [-0.4, -0.2) is 17.7 Å². The molecular weight excluding hydrogens is 572 g/mol. The van der Waals surface area contributed by atoms with Crippen LogP contribution in [0.1, 0.15) is 18.1 Å². The monoisotopic (exact) mass is 592 g/mol. The molecular formula is C29H22BrClN2O3S. The van der Waals surface area contributed by atoms with Gasteiger partial charge in [-0.25, -0.2) is 4.99 Å². The number of rotatable bonds is 7. The lowest BCUT2D eigenvalue weighted by Gasteiger charge is -2.13. The standard InChI is InChI=1S/C29H22BrClN2O3S/c1-2-35-22-12-10-21(11-13-22)32-29-33-28(34)26(37-29)16-18-14-24(30)27(25(31)15-18)36-17-20-8-5-7-19-6-3-4-9-23(19)20/h3-16H,2,17H2,1H3,(H,32,33,34)/b26-16+. The van der Waals surface area contributed by atoms with Gasteiger partial charge in [-0.05, 0) is 99.0 Å². The number of ether oxygens (including phenoxy) is 2. The van der Waals surface area contributed by atoms with E-state index in [0.717, 1.165) is 33.3 Å². The Balaban J connectivity index is 1.31. The van der Waals surface area contributed by atoms with E-state index in [1.165, 1.54) is 11.8 Å². The number of halogens is 2. The average Bonchev–Trinajstić information content (AvgIpc) is 3.23. The number of aliphatic imine (C=N–C) groups is 1. The van der Waals surface area contributed by atoms with Gasteiger partial charge < -0.3 is 14.8 Å². The minimum Gasteiger partial charge on any atom is -0.494 e. The molecule has 1 fully saturated rings. The molecule has 0 spiro atoms. The number of nitrogens with one attached hydrogen (secondary N) is 1. The summed E-state index contributed by atoms with van der Waals surface area (Å²) in [6.07, 6.45) is 1.78. The maximum atomic E-state index is 12.6. The Labute approximate surface area is 232 Å². The van der Waals surface area contributed by atoms with Crippen LogP contribution >= 0.6 is 39.3 Å². The van der Waals surface area contributed by atoms with Crippen molar-refractivity contribution in [2.45, 2.75) is 13.5 Å². The van der Waals surface area contributed by atoms with Crippen molar-refractivity contribution in [3.63, 3.8) is 0 Å². The van der Waals surface area contributed by atoms with Crippen molar-refractivity contribution in [2.75, 3.05) is 6.61 Å². The van der Waals surface area contributed by atoms with Crippen molar-refractivity contribution in [3.8, 4) is 11.5 Å². The fourth-order valence-electron chi connectivity index (χ4n) is 3.90. The number of carbonyl (C=O) groups excluding carboxylic acids is 1. The highest BCUT2D eigenvalue weighted by Crippen LogP contribution is 2.37. The molecule has 5 rings (SSSR count). The van der Waals surface area contributed by atoms with Crippen LogP contribution in [0.15, 0.2) is 93.2 Å². The number of hydrogen-bond acceptors (Lipinski definition) is 5. The molecule has 4 aromatic rings. The third kappa shape index (κ3) is 6.01. The fourth-order valence-corrected chi connectivity index (χ4v) is 5.73. The van der Waals surface area contributed by atoms with Gasteiger partial charge in [0.25, 0.3) is 5.91 Å². The summed E-state index contributed by atoms with van der Waals surface area (Å²) >= 11 is 11.4. The summed E-state index contributed by atoms with van der Waals surface area (Å²) in [5, 5.41) is 6.08. The molecule has 0 unspecified atom stereocenters. The molecule has 1 aliphatic rings. The quantitative estimate of drug-likeness (QED) is 0.220. The Morgan fingerprint density at radius 1 is 1.03 bits per heavy atom. The molecule has 0 saturated carbocycles. The lowest BCUT2D eigenvalue weighted by atomic mass is 10.1. The highest BCUT2D eigenvalue weighted by molar-refractivity contribution is 9.10. The summed E-state index contributed by atoms with van der Waals surface area (Å²) < 4.78 is 12.3. The Hall–Kier alpha value is -3.26. The smallest absolute Gasteiger partial charge is 0.264 e. The van der Waals surface area contributed by atoms with Gasteiger partial charge in [0.15, 0.2) is 10.9 Å². The molecule has 0 bridgehead atoms. The predicted octanol–water partition coefficient (Wildman–Crippen LogP) is 8.13. The van der Waals surface area contributed by atoms with E-state index in [9.17, 15) is 4.79 Å². The second-order valence-corrected chi connectivity index (χ2v) is 10.4. The first kappa shape index (κ1) is 25.4. The summed E-state index contributed by atoms with van der Waals surface area (Å²) in [5.74, 6) is 1.12. The van der Waals surface area contributed by atoms with E-state index in [1.807, 2.05) is 61.5 Å². The summed E-state index contributed by atoms with van der Waals surface area (Å²) in [6, 6.07) is 25.4. The van der Waals surface area contributed by atoms with Gasteiger partial charge in [0, 0.05) is 0 Å². The molecule has 1 heterocycles. The van der Waals surface area contributed by atoms with Crippen molar-refractivity contribution in [2.24, 2.45) is 4.99 Å². The third-order valence-corrected chi connectivity index (χ3v) is 7.38. The second-order valence-electron chi connectivity index (χ2n) is 8.15. The minimum atomic E-state index is -0.210. The lowest BCUT2D eigenvalue weighted by molar-refractivity contribution is -0.115. The number of nitrogens with zero attached hydrogens (tertiary/aromatic N) is 1. The number of carbonyl (C=O) groups is 1. The van der Waals surface area contributed by atoms with E-state index in [2.05, 4.69) is 44.4 Å². The number of hydrogen-bond donors (Lipinski definition) is 1. The number of thioether (sulfide) groups is 1. The Bertz CT molecular complexity index is 1510. The summed E-state index contributed by atoms with van der Waals surface area (Å²) in [4.78, 5) is 17.6. The Morgan fingerprint density at radius 2 is 1.81 bits per heavy atom. The molecule has 8 heteroatoms. The highest BCUT2D eigenvalue weighted by atomic mass is 79.9. The van der Waals surface area contributed by atoms with Crippen molar-refractivity contribution in [1.82, 2.24) is 5.32 Å². The zero-order chi connectivity index (χ0) is 25.8. The largest absolute Gasteiger partial charge is 0.494 e. The summed E-state index contributed by atoms with van der Waals surface area (Å²) in [5.41, 5.74) is 2.57. The molecule has 1 amide bonds. The second kappa shape index (κ2) is 11.4. The summed E-state index contributed by atoms with van der Waals surface area (Å²) in [7, 11) is 0. The van der Waals surface area contributed by atoms with E-state index in [0.29, 0.717) is 38.5 Å². The molecule has 186 valence electrons. The minimum absolute atomic E-state index is 0.210. The van der Waals surface area contributed by atoms with Gasteiger partial charge in [-0.1, -0.05) is 54.1 Å². The first-order valence-corrected chi connectivity index (χ1v) is 13.6. The van der Waals surface area contributed by atoms with Crippen LogP contribution in [0.5, 0.6) is 11.5 Å². The van der Waals surface area contributed by atoms with E-state index in [4.69, 9.17) is 21.1 Å². The van der Waals surface area contributed by atoms with Crippen molar-refractivity contribution in [1.29, 1.82) is 0 Å². The van der Waals surface area contributed by atoms with Crippen LogP contribution in [0.25, 0.3) is 16.8 Å². The molecule has 4 aromatic carbocycles. The van der Waals surface area contributed by atoms with E-state index >= 15 is 0 Å². The van der Waals surface area contributed by atoms with Crippen molar-refractivity contribution < 1.29 is 14.3 Å². The van der Waals surface area contributed by atoms with Crippen LogP contribution in [-0.2, 0) is 11.4 Å². The first-order chi connectivity index (χ1) is 18.0. The zero-order valence-corrected chi connectivity index (χ0v) is 23.0. The van der Waals surface area contributed by atoms with Gasteiger partial charge in [-0.3, -0.25) is 4.79 Å². The van der Waals surface area contributed by atoms with Gasteiger partial charge in [0.1, 0.15) is 12.4 Å². The third-order valence-electron chi connectivity index (χ3n) is 5.60. The number of benzene rings is 4. The van der Waals surface area contributed by atoms with Crippen LogP contribution < -0.4 is 14.8 Å². The van der Waals surface area contributed by atoms with E-state index < -0.39 is 0 Å². The van der Waals surface area contributed by atoms with Crippen LogP contribution in [0.4, 0.5) is 5.69 Å². The molecule has 1 saturated heterocycles. The van der Waals surface area contributed by atoms with E-state index in [-0.39, 0.29) is 5.91 Å². The lowest BCUT2D eigenvalue weighted by Crippen LogP contribution is -2.19. The molecule has 1 aliphatic heterocycles. The SMILES string of the molecule is CCOc1ccc(N=C2NC(=O)/C(=C\c3cc(Cl)c(OCc4cccc5ccccc45)c(Br)c3)S2)cc1. The molecule has 0 atom stereocenters. The first-order valence-electron chi connectivity index (χ1n) is 11.6. The van der Waals surface area contributed by atoms with Gasteiger partial charge in [-0.15, -0.1) is 0 Å². The molecule has 5 nitrogen and oxygen atoms in total. The Kier molecular flexibility index (Phi) is 7.84. The highest BCUT2D eigenvalue weighted by Gasteiger charge is 2.24. The normalized spacial score (nSPS) is 15.4. The topological polar surface area (TPSA) is 59.9 Å². The summed E-state index contributed by atoms with van der Waals surface area (Å²) in [6.45, 7) is 2.92. The number of amides is 1. The molecule has 0 aromatic heterocycles. The van der Waals surface area contributed by atoms with Crippen molar-refractivity contribution in [3.05, 3.63) is 104 Å². The van der Waals surface area contributed by atoms with Gasteiger partial charge in [0.05, 0.1) is 26.7 Å². The van der Waals surface area contributed by atoms with Crippen molar-refractivity contribution >= 4 is 72.9 Å². The Morgan fingerprint density at radius 3 is 2.59 bits per heavy atom. The molecule has 0 aliphatic carbocycles. The average molecular weight is 594 g/mol. The number of amidine groups is 1. The predicted molar refractivity (Wildman–Crippen MR) is 156 cm³/mol. The van der Waals surface area contributed by atoms with Gasteiger partial charge >= 0.3 is 0 Å². The maximum absolute atomic E-state index is 12.6. The van der Waals surface area contributed by atoms with Gasteiger partial charge in [0.2, 0.25) is 0 Å². The zero-order valence-electron chi connectivity index (χ0n) is 19.8. The fraction of sp³-hybridized carbons (Fsp3) is 0.103. The molecule has 37 heavy (non-hydrogen) atoms. The van der Waals surface area contributed by atoms with E-state index in [1.54, 1.807) is 12.1 Å². The number of fused-ring (bicyclic) bond motifs is 1. The van der Waals surface area contributed by atoms with Crippen LogP contribution in [0.3, 0.4) is 0 Å². The molecule has 1 N–H and O–H groups in total.